The second kappa shape index (κ2) is 4.93. The van der Waals surface area contributed by atoms with Crippen LogP contribution in [0, 0.1) is 0 Å². The Morgan fingerprint density at radius 1 is 1.45 bits per heavy atom. The van der Waals surface area contributed by atoms with Crippen molar-refractivity contribution in [3.8, 4) is 0 Å². The van der Waals surface area contributed by atoms with E-state index in [1.54, 1.807) is 6.26 Å². The lowest BCUT2D eigenvalue weighted by molar-refractivity contribution is 0.0922. The highest BCUT2D eigenvalue weighted by Crippen LogP contribution is 2.00. The zero-order valence-corrected chi connectivity index (χ0v) is 6.32. The molecule has 11 heavy (non-hydrogen) atoms. The molecule has 0 aliphatic carbocycles. The Labute approximate surface area is 65.6 Å². The molecule has 3 nitrogen and oxygen atoms in total. The number of rotatable bonds is 5. The van der Waals surface area contributed by atoms with Crippen LogP contribution in [0.15, 0.2) is 22.8 Å². The molecule has 0 saturated carbocycles. The minimum Gasteiger partial charge on any atom is -0.469 e. The van der Waals surface area contributed by atoms with E-state index in [1.807, 2.05) is 12.1 Å². The molecule has 1 aromatic heterocycles. The van der Waals surface area contributed by atoms with E-state index in [-0.39, 0.29) is 6.61 Å². The number of hydrogen-bond acceptors (Lipinski definition) is 3. The number of hydrogen-bond donors (Lipinski definition) is 1. The fourth-order valence-corrected chi connectivity index (χ4v) is 0.794. The first-order valence-electron chi connectivity index (χ1n) is 3.64. The van der Waals surface area contributed by atoms with Crippen LogP contribution in [-0.2, 0) is 11.2 Å². The normalized spacial score (nSPS) is 10.3. The van der Waals surface area contributed by atoms with Crippen LogP contribution in [0.3, 0.4) is 0 Å². The van der Waals surface area contributed by atoms with E-state index in [4.69, 9.17) is 14.3 Å². The number of ether oxygens (including phenoxy) is 1. The van der Waals surface area contributed by atoms with Gasteiger partial charge in [0.05, 0.1) is 26.1 Å². The van der Waals surface area contributed by atoms with Crippen LogP contribution in [0.25, 0.3) is 0 Å². The lowest BCUT2D eigenvalue weighted by Crippen LogP contribution is -2.02. The monoisotopic (exact) mass is 156 g/mol. The van der Waals surface area contributed by atoms with Crippen LogP contribution in [0.1, 0.15) is 5.76 Å². The van der Waals surface area contributed by atoms with Gasteiger partial charge in [0.2, 0.25) is 0 Å². The molecule has 0 atom stereocenters. The summed E-state index contributed by atoms with van der Waals surface area (Å²) in [5.74, 6) is 0.919. The van der Waals surface area contributed by atoms with Gasteiger partial charge in [-0.05, 0) is 12.1 Å². The summed E-state index contributed by atoms with van der Waals surface area (Å²) in [5.41, 5.74) is 0. The lowest BCUT2D eigenvalue weighted by Gasteiger charge is -1.98. The minimum atomic E-state index is 0.0815. The average molecular weight is 156 g/mol. The van der Waals surface area contributed by atoms with Crippen molar-refractivity contribution in [2.75, 3.05) is 19.8 Å². The maximum absolute atomic E-state index is 8.38. The summed E-state index contributed by atoms with van der Waals surface area (Å²) in [6.07, 6.45) is 2.41. The standard InChI is InChI=1S/C8H12O3/c9-4-7-10-6-3-8-2-1-5-11-8/h1-2,5,9H,3-4,6-7H2. The Balaban J connectivity index is 2.04. The van der Waals surface area contributed by atoms with Gasteiger partial charge in [-0.15, -0.1) is 0 Å². The van der Waals surface area contributed by atoms with Gasteiger partial charge < -0.3 is 14.3 Å². The third-order valence-electron chi connectivity index (χ3n) is 1.31. The second-order valence-corrected chi connectivity index (χ2v) is 2.17. The lowest BCUT2D eigenvalue weighted by atomic mass is 10.3. The molecule has 0 bridgehead atoms. The first-order valence-corrected chi connectivity index (χ1v) is 3.64. The van der Waals surface area contributed by atoms with Crippen molar-refractivity contribution in [3.63, 3.8) is 0 Å². The summed E-state index contributed by atoms with van der Waals surface area (Å²) in [5, 5.41) is 8.38. The molecule has 1 aromatic rings. The molecule has 1 N–H and O–H groups in total. The molecule has 1 heterocycles. The van der Waals surface area contributed by atoms with Crippen LogP contribution in [0.5, 0.6) is 0 Å². The van der Waals surface area contributed by atoms with Crippen LogP contribution in [0.2, 0.25) is 0 Å². The Morgan fingerprint density at radius 2 is 2.36 bits per heavy atom. The van der Waals surface area contributed by atoms with E-state index in [2.05, 4.69) is 0 Å². The van der Waals surface area contributed by atoms with E-state index < -0.39 is 0 Å². The van der Waals surface area contributed by atoms with E-state index in [0.29, 0.717) is 13.2 Å². The summed E-state index contributed by atoms with van der Waals surface area (Å²) in [6.45, 7) is 1.09. The Hall–Kier alpha value is -0.800. The smallest absolute Gasteiger partial charge is 0.106 e. The first-order chi connectivity index (χ1) is 5.43. The van der Waals surface area contributed by atoms with Gasteiger partial charge in [-0.2, -0.15) is 0 Å². The maximum atomic E-state index is 8.38. The quantitative estimate of drug-likeness (QED) is 0.642. The molecule has 0 saturated heterocycles. The Kier molecular flexibility index (Phi) is 3.72. The van der Waals surface area contributed by atoms with Crippen molar-refractivity contribution in [2.45, 2.75) is 6.42 Å². The average Bonchev–Trinajstić information content (AvgIpc) is 2.50. The predicted molar refractivity (Wildman–Crippen MR) is 40.3 cm³/mol. The molecule has 0 spiro atoms. The molecule has 0 unspecified atom stereocenters. The van der Waals surface area contributed by atoms with Gasteiger partial charge in [0.25, 0.3) is 0 Å². The minimum absolute atomic E-state index is 0.0815. The van der Waals surface area contributed by atoms with Gasteiger partial charge in [0, 0.05) is 6.42 Å². The summed E-state index contributed by atoms with van der Waals surface area (Å²) < 4.78 is 10.1. The largest absolute Gasteiger partial charge is 0.469 e. The van der Waals surface area contributed by atoms with Gasteiger partial charge >= 0.3 is 0 Å². The zero-order valence-electron chi connectivity index (χ0n) is 6.32. The van der Waals surface area contributed by atoms with Gasteiger partial charge in [-0.25, -0.2) is 0 Å². The van der Waals surface area contributed by atoms with Crippen molar-refractivity contribution in [2.24, 2.45) is 0 Å². The molecule has 0 fully saturated rings. The highest BCUT2D eigenvalue weighted by molar-refractivity contribution is 4.97. The second-order valence-electron chi connectivity index (χ2n) is 2.17. The van der Waals surface area contributed by atoms with Crippen LogP contribution in [0.4, 0.5) is 0 Å². The molecule has 62 valence electrons. The van der Waals surface area contributed by atoms with Crippen molar-refractivity contribution in [1.82, 2.24) is 0 Å². The molecule has 0 aliphatic heterocycles. The van der Waals surface area contributed by atoms with Gasteiger partial charge in [-0.3, -0.25) is 0 Å². The molecule has 1 rings (SSSR count). The molecule has 0 aliphatic rings. The molecular formula is C8H12O3. The van der Waals surface area contributed by atoms with E-state index in [9.17, 15) is 0 Å². The predicted octanol–water partition coefficient (Wildman–Crippen LogP) is 0.831. The molecule has 3 heteroatoms. The fourth-order valence-electron chi connectivity index (χ4n) is 0.794. The number of furan rings is 1. The fraction of sp³-hybridized carbons (Fsp3) is 0.500. The third kappa shape index (κ3) is 3.20. The van der Waals surface area contributed by atoms with E-state index >= 15 is 0 Å². The SMILES string of the molecule is OCCOCCc1ccco1. The Bertz CT molecular complexity index is 169. The summed E-state index contributed by atoms with van der Waals surface area (Å²) >= 11 is 0. The topological polar surface area (TPSA) is 42.6 Å². The maximum Gasteiger partial charge on any atom is 0.106 e. The van der Waals surface area contributed by atoms with Gasteiger partial charge in [0.1, 0.15) is 5.76 Å². The van der Waals surface area contributed by atoms with Crippen molar-refractivity contribution >= 4 is 0 Å². The summed E-state index contributed by atoms with van der Waals surface area (Å²) in [7, 11) is 0. The van der Waals surface area contributed by atoms with Crippen LogP contribution < -0.4 is 0 Å². The van der Waals surface area contributed by atoms with Crippen molar-refractivity contribution in [3.05, 3.63) is 24.2 Å². The van der Waals surface area contributed by atoms with Crippen molar-refractivity contribution in [1.29, 1.82) is 0 Å². The zero-order chi connectivity index (χ0) is 7.94. The summed E-state index contributed by atoms with van der Waals surface area (Å²) in [4.78, 5) is 0. The molecule has 0 radical (unpaired) electrons. The highest BCUT2D eigenvalue weighted by Gasteiger charge is 1.93. The first kappa shape index (κ1) is 8.30. The molecule has 0 amide bonds. The van der Waals surface area contributed by atoms with Crippen LogP contribution in [-0.4, -0.2) is 24.9 Å². The highest BCUT2D eigenvalue weighted by atomic mass is 16.5. The van der Waals surface area contributed by atoms with E-state index in [0.717, 1.165) is 12.2 Å². The van der Waals surface area contributed by atoms with Crippen LogP contribution >= 0.6 is 0 Å². The Morgan fingerprint density at radius 3 is 3.00 bits per heavy atom. The third-order valence-corrected chi connectivity index (χ3v) is 1.31. The van der Waals surface area contributed by atoms with Crippen molar-refractivity contribution < 1.29 is 14.3 Å². The summed E-state index contributed by atoms with van der Waals surface area (Å²) in [6, 6.07) is 3.75. The van der Waals surface area contributed by atoms with E-state index in [1.165, 1.54) is 0 Å². The number of aliphatic hydroxyl groups is 1. The van der Waals surface area contributed by atoms with Gasteiger partial charge in [0.15, 0.2) is 0 Å². The number of aliphatic hydroxyl groups excluding tert-OH is 1. The van der Waals surface area contributed by atoms with Gasteiger partial charge in [-0.1, -0.05) is 0 Å². The molecular weight excluding hydrogens is 144 g/mol. The molecule has 0 aromatic carbocycles.